The molecule has 1 aliphatic rings. The lowest BCUT2D eigenvalue weighted by atomic mass is 10.2. The standard InChI is InChI=1S/C22H18O5/c23-22(21-15-25-19-8-4-5-9-20(19)27-21)26-18-12-10-17(11-13-18)24-14-16-6-2-1-3-7-16/h1-13,21H,14-15H2. The predicted molar refractivity (Wildman–Crippen MR) is 99.2 cm³/mol. The van der Waals surface area contributed by atoms with Crippen molar-refractivity contribution in [1.82, 2.24) is 0 Å². The molecule has 1 atom stereocenters. The lowest BCUT2D eigenvalue weighted by molar-refractivity contribution is -0.144. The molecule has 4 rings (SSSR count). The number of benzene rings is 3. The van der Waals surface area contributed by atoms with Gasteiger partial charge in [-0.05, 0) is 42.0 Å². The van der Waals surface area contributed by atoms with Crippen LogP contribution in [0.15, 0.2) is 78.9 Å². The van der Waals surface area contributed by atoms with Gasteiger partial charge in [-0.1, -0.05) is 42.5 Å². The summed E-state index contributed by atoms with van der Waals surface area (Å²) < 4.78 is 22.3. The number of carbonyl (C=O) groups excluding carboxylic acids is 1. The monoisotopic (exact) mass is 362 g/mol. The minimum atomic E-state index is -0.797. The topological polar surface area (TPSA) is 54.0 Å². The Morgan fingerprint density at radius 1 is 0.852 bits per heavy atom. The summed E-state index contributed by atoms with van der Waals surface area (Å²) in [4.78, 5) is 12.3. The SMILES string of the molecule is O=C(Oc1ccc(OCc2ccccc2)cc1)C1COc2ccccc2O1. The van der Waals surface area contributed by atoms with Gasteiger partial charge in [-0.15, -0.1) is 0 Å². The molecule has 27 heavy (non-hydrogen) atoms. The summed E-state index contributed by atoms with van der Waals surface area (Å²) in [6.45, 7) is 0.598. The second-order valence-electron chi connectivity index (χ2n) is 6.03. The third-order valence-corrected chi connectivity index (χ3v) is 4.06. The van der Waals surface area contributed by atoms with Crippen LogP contribution < -0.4 is 18.9 Å². The Balaban J connectivity index is 1.32. The molecule has 1 unspecified atom stereocenters. The van der Waals surface area contributed by atoms with Crippen LogP contribution >= 0.6 is 0 Å². The molecule has 5 nitrogen and oxygen atoms in total. The van der Waals surface area contributed by atoms with E-state index >= 15 is 0 Å². The highest BCUT2D eigenvalue weighted by molar-refractivity contribution is 5.78. The molecule has 0 N–H and O–H groups in total. The molecule has 0 fully saturated rings. The van der Waals surface area contributed by atoms with Crippen molar-refractivity contribution in [3.05, 3.63) is 84.4 Å². The van der Waals surface area contributed by atoms with E-state index in [0.29, 0.717) is 29.6 Å². The van der Waals surface area contributed by atoms with Crippen LogP contribution in [0.3, 0.4) is 0 Å². The maximum atomic E-state index is 12.3. The summed E-state index contributed by atoms with van der Waals surface area (Å²) in [5.41, 5.74) is 1.09. The molecule has 0 amide bonds. The minimum Gasteiger partial charge on any atom is -0.489 e. The molecule has 3 aromatic rings. The van der Waals surface area contributed by atoms with E-state index in [1.165, 1.54) is 0 Å². The Morgan fingerprint density at radius 3 is 2.30 bits per heavy atom. The summed E-state index contributed by atoms with van der Waals surface area (Å²) in [5.74, 6) is 1.79. The number of rotatable bonds is 5. The van der Waals surface area contributed by atoms with E-state index in [-0.39, 0.29) is 6.61 Å². The molecule has 1 heterocycles. The lowest BCUT2D eigenvalue weighted by Crippen LogP contribution is -2.39. The maximum absolute atomic E-state index is 12.3. The van der Waals surface area contributed by atoms with Crippen molar-refractivity contribution in [2.75, 3.05) is 6.61 Å². The fraction of sp³-hybridized carbons (Fsp3) is 0.136. The van der Waals surface area contributed by atoms with Crippen LogP contribution in [-0.4, -0.2) is 18.7 Å². The number of para-hydroxylation sites is 2. The van der Waals surface area contributed by atoms with Crippen molar-refractivity contribution in [3.8, 4) is 23.0 Å². The van der Waals surface area contributed by atoms with E-state index in [2.05, 4.69) is 0 Å². The molecule has 0 saturated carbocycles. The van der Waals surface area contributed by atoms with Gasteiger partial charge in [-0.3, -0.25) is 0 Å². The first-order chi connectivity index (χ1) is 13.3. The maximum Gasteiger partial charge on any atom is 0.356 e. The molecular formula is C22H18O5. The normalized spacial score (nSPS) is 15.0. The molecule has 0 spiro atoms. The van der Waals surface area contributed by atoms with Crippen LogP contribution in [0.5, 0.6) is 23.0 Å². The lowest BCUT2D eigenvalue weighted by Gasteiger charge is -2.24. The second kappa shape index (κ2) is 7.83. The molecule has 0 saturated heterocycles. The van der Waals surface area contributed by atoms with Crippen molar-refractivity contribution in [2.45, 2.75) is 12.7 Å². The van der Waals surface area contributed by atoms with Gasteiger partial charge in [0, 0.05) is 0 Å². The quantitative estimate of drug-likeness (QED) is 0.507. The van der Waals surface area contributed by atoms with Crippen LogP contribution in [-0.2, 0) is 11.4 Å². The third kappa shape index (κ3) is 4.20. The van der Waals surface area contributed by atoms with Crippen LogP contribution in [0.1, 0.15) is 5.56 Å². The number of esters is 1. The number of fused-ring (bicyclic) bond motifs is 1. The van der Waals surface area contributed by atoms with E-state index in [1.807, 2.05) is 42.5 Å². The van der Waals surface area contributed by atoms with Gasteiger partial charge in [-0.2, -0.15) is 0 Å². The molecule has 0 aromatic heterocycles. The minimum absolute atomic E-state index is 0.119. The van der Waals surface area contributed by atoms with Crippen molar-refractivity contribution in [2.24, 2.45) is 0 Å². The zero-order valence-electron chi connectivity index (χ0n) is 14.5. The van der Waals surface area contributed by atoms with E-state index in [0.717, 1.165) is 5.56 Å². The highest BCUT2D eigenvalue weighted by Gasteiger charge is 2.29. The van der Waals surface area contributed by atoms with Crippen LogP contribution in [0.25, 0.3) is 0 Å². The van der Waals surface area contributed by atoms with Crippen molar-refractivity contribution < 1.29 is 23.7 Å². The number of ether oxygens (including phenoxy) is 4. The first kappa shape index (κ1) is 17.0. The van der Waals surface area contributed by atoms with E-state index < -0.39 is 12.1 Å². The molecular weight excluding hydrogens is 344 g/mol. The number of hydrogen-bond donors (Lipinski definition) is 0. The molecule has 3 aromatic carbocycles. The first-order valence-electron chi connectivity index (χ1n) is 8.65. The summed E-state index contributed by atoms with van der Waals surface area (Å²) in [6.07, 6.45) is -0.797. The third-order valence-electron chi connectivity index (χ3n) is 4.06. The molecule has 0 radical (unpaired) electrons. The molecule has 0 bridgehead atoms. The van der Waals surface area contributed by atoms with Gasteiger partial charge in [0.2, 0.25) is 6.10 Å². The predicted octanol–water partition coefficient (Wildman–Crippen LogP) is 4.01. The molecule has 136 valence electrons. The first-order valence-corrected chi connectivity index (χ1v) is 8.65. The smallest absolute Gasteiger partial charge is 0.356 e. The van der Waals surface area contributed by atoms with Gasteiger partial charge >= 0.3 is 5.97 Å². The summed E-state index contributed by atoms with van der Waals surface area (Å²) in [6, 6.07) is 24.0. The van der Waals surface area contributed by atoms with Gasteiger partial charge in [0.15, 0.2) is 11.5 Å². The Kier molecular flexibility index (Phi) is 4.92. The van der Waals surface area contributed by atoms with Crippen LogP contribution in [0.2, 0.25) is 0 Å². The Morgan fingerprint density at radius 2 is 1.52 bits per heavy atom. The average Bonchev–Trinajstić information content (AvgIpc) is 2.73. The van der Waals surface area contributed by atoms with Crippen LogP contribution in [0.4, 0.5) is 0 Å². The Bertz CT molecular complexity index is 906. The highest BCUT2D eigenvalue weighted by Crippen LogP contribution is 2.31. The fourth-order valence-electron chi connectivity index (χ4n) is 2.66. The van der Waals surface area contributed by atoms with Crippen molar-refractivity contribution >= 4 is 5.97 Å². The molecule has 5 heteroatoms. The van der Waals surface area contributed by atoms with Crippen molar-refractivity contribution in [1.29, 1.82) is 0 Å². The number of carbonyl (C=O) groups is 1. The zero-order valence-corrected chi connectivity index (χ0v) is 14.5. The van der Waals surface area contributed by atoms with Gasteiger partial charge in [0.05, 0.1) is 0 Å². The van der Waals surface area contributed by atoms with Crippen LogP contribution in [0, 0.1) is 0 Å². The summed E-state index contributed by atoms with van der Waals surface area (Å²) in [7, 11) is 0. The van der Waals surface area contributed by atoms with Gasteiger partial charge in [-0.25, -0.2) is 4.79 Å². The second-order valence-corrected chi connectivity index (χ2v) is 6.03. The van der Waals surface area contributed by atoms with Gasteiger partial charge in [0.1, 0.15) is 24.7 Å². The largest absolute Gasteiger partial charge is 0.489 e. The average molecular weight is 362 g/mol. The molecule has 0 aliphatic carbocycles. The van der Waals surface area contributed by atoms with Crippen molar-refractivity contribution in [3.63, 3.8) is 0 Å². The van der Waals surface area contributed by atoms with E-state index in [1.54, 1.807) is 36.4 Å². The van der Waals surface area contributed by atoms with Gasteiger partial charge < -0.3 is 18.9 Å². The highest BCUT2D eigenvalue weighted by atomic mass is 16.6. The Labute approximate surface area is 157 Å². The fourth-order valence-corrected chi connectivity index (χ4v) is 2.66. The van der Waals surface area contributed by atoms with E-state index in [4.69, 9.17) is 18.9 Å². The summed E-state index contributed by atoms with van der Waals surface area (Å²) in [5, 5.41) is 0. The zero-order chi connectivity index (χ0) is 18.5. The number of hydrogen-bond acceptors (Lipinski definition) is 5. The van der Waals surface area contributed by atoms with Gasteiger partial charge in [0.25, 0.3) is 0 Å². The molecule has 1 aliphatic heterocycles. The van der Waals surface area contributed by atoms with E-state index in [9.17, 15) is 4.79 Å². The Hall–Kier alpha value is -3.47. The summed E-state index contributed by atoms with van der Waals surface area (Å²) >= 11 is 0.